The number of hydrogen-bond acceptors (Lipinski definition) is 8. The summed E-state index contributed by atoms with van der Waals surface area (Å²) < 4.78 is 0. The Hall–Kier alpha value is -3.40. The number of nitrogens with zero attached hydrogens (tertiary/aromatic N) is 6. The van der Waals surface area contributed by atoms with Gasteiger partial charge in [0.2, 0.25) is 5.91 Å². The van der Waals surface area contributed by atoms with E-state index >= 15 is 0 Å². The smallest absolute Gasteiger partial charge is 0.247 e. The van der Waals surface area contributed by atoms with Crippen molar-refractivity contribution in [3.05, 3.63) is 30.4 Å². The number of aromatic amines is 1. The summed E-state index contributed by atoms with van der Waals surface area (Å²) in [7, 11) is 0. The minimum atomic E-state index is -0.284. The average Bonchev–Trinajstić information content (AvgIpc) is 3.29. The third-order valence-corrected chi connectivity index (χ3v) is 5.71. The standard InChI is InChI=1S/C20H22N8O2/c1-11-14(6-7-15(25-11)18-23-10-24-27-18)16-8-21-19-20(26-16)28(17(30)9-22-19)12-2-4-13(29)5-3-12/h6-8,10,12-13,29H,2-5,9H2,1H3,(H,21,22)(H,23,24,27)/t12-,13-. The number of pyridine rings is 1. The molecule has 1 saturated carbocycles. The van der Waals surface area contributed by atoms with Crippen LogP contribution < -0.4 is 10.2 Å². The number of fused-ring (bicyclic) bond motifs is 1. The molecule has 0 bridgehead atoms. The predicted molar refractivity (Wildman–Crippen MR) is 110 cm³/mol. The lowest BCUT2D eigenvalue weighted by Gasteiger charge is -2.38. The number of carbonyl (C=O) groups is 1. The van der Waals surface area contributed by atoms with Gasteiger partial charge in [0.1, 0.15) is 12.0 Å². The van der Waals surface area contributed by atoms with Crippen molar-refractivity contribution in [1.82, 2.24) is 30.1 Å². The summed E-state index contributed by atoms with van der Waals surface area (Å²) in [6.07, 6.45) is 5.82. The Morgan fingerprint density at radius 1 is 1.13 bits per heavy atom. The molecule has 0 spiro atoms. The molecule has 4 heterocycles. The van der Waals surface area contributed by atoms with Gasteiger partial charge in [0.25, 0.3) is 0 Å². The van der Waals surface area contributed by atoms with Crippen molar-refractivity contribution >= 4 is 17.5 Å². The summed E-state index contributed by atoms with van der Waals surface area (Å²) in [5.74, 6) is 1.73. The van der Waals surface area contributed by atoms with Gasteiger partial charge in [-0.2, -0.15) is 0 Å². The Balaban J connectivity index is 1.51. The second-order valence-corrected chi connectivity index (χ2v) is 7.67. The first kappa shape index (κ1) is 18.6. The fourth-order valence-corrected chi connectivity index (χ4v) is 4.15. The molecule has 0 unspecified atom stereocenters. The molecule has 1 fully saturated rings. The molecule has 0 radical (unpaired) electrons. The number of rotatable bonds is 3. The summed E-state index contributed by atoms with van der Waals surface area (Å²) in [5, 5.41) is 20.7. The molecule has 1 aliphatic heterocycles. The largest absolute Gasteiger partial charge is 0.393 e. The first-order valence-corrected chi connectivity index (χ1v) is 10.1. The molecule has 1 aliphatic carbocycles. The molecule has 2 aliphatic rings. The number of amides is 1. The Labute approximate surface area is 172 Å². The van der Waals surface area contributed by atoms with Crippen LogP contribution in [-0.2, 0) is 4.79 Å². The third-order valence-electron chi connectivity index (χ3n) is 5.71. The number of aryl methyl sites for hydroxylation is 1. The van der Waals surface area contributed by atoms with E-state index in [0.717, 1.165) is 24.1 Å². The van der Waals surface area contributed by atoms with Gasteiger partial charge in [-0.1, -0.05) is 0 Å². The maximum Gasteiger partial charge on any atom is 0.247 e. The lowest BCUT2D eigenvalue weighted by Crippen LogP contribution is -2.49. The van der Waals surface area contributed by atoms with Gasteiger partial charge >= 0.3 is 0 Å². The molecular weight excluding hydrogens is 384 g/mol. The number of nitrogens with one attached hydrogen (secondary N) is 2. The second-order valence-electron chi connectivity index (χ2n) is 7.67. The lowest BCUT2D eigenvalue weighted by molar-refractivity contribution is -0.118. The Bertz CT molecular complexity index is 1080. The van der Waals surface area contributed by atoms with Crippen LogP contribution in [0.1, 0.15) is 31.4 Å². The van der Waals surface area contributed by atoms with E-state index in [1.54, 1.807) is 11.1 Å². The summed E-state index contributed by atoms with van der Waals surface area (Å²) in [5.41, 5.74) is 2.96. The van der Waals surface area contributed by atoms with E-state index in [1.165, 1.54) is 6.33 Å². The molecule has 0 atom stereocenters. The minimum absolute atomic E-state index is 0.0224. The van der Waals surface area contributed by atoms with Crippen LogP contribution in [0.5, 0.6) is 0 Å². The van der Waals surface area contributed by atoms with Gasteiger partial charge in [-0.3, -0.25) is 9.69 Å². The maximum atomic E-state index is 12.7. The van der Waals surface area contributed by atoms with Crippen LogP contribution in [0.3, 0.4) is 0 Å². The van der Waals surface area contributed by atoms with E-state index in [0.29, 0.717) is 41.7 Å². The monoisotopic (exact) mass is 406 g/mol. The molecule has 154 valence electrons. The van der Waals surface area contributed by atoms with Gasteiger partial charge < -0.3 is 15.4 Å². The van der Waals surface area contributed by atoms with E-state index in [9.17, 15) is 9.90 Å². The highest BCUT2D eigenvalue weighted by atomic mass is 16.3. The highest BCUT2D eigenvalue weighted by Gasteiger charge is 2.35. The Morgan fingerprint density at radius 3 is 2.70 bits per heavy atom. The van der Waals surface area contributed by atoms with Crippen LogP contribution in [0.25, 0.3) is 22.8 Å². The average molecular weight is 406 g/mol. The van der Waals surface area contributed by atoms with Gasteiger partial charge in [0.15, 0.2) is 17.5 Å². The van der Waals surface area contributed by atoms with E-state index in [-0.39, 0.29) is 24.6 Å². The number of aliphatic hydroxyl groups excluding tert-OH is 1. The van der Waals surface area contributed by atoms with Crippen molar-refractivity contribution < 1.29 is 9.90 Å². The summed E-state index contributed by atoms with van der Waals surface area (Å²) in [6.45, 7) is 2.10. The molecule has 1 amide bonds. The maximum absolute atomic E-state index is 12.7. The summed E-state index contributed by atoms with van der Waals surface area (Å²) in [6, 6.07) is 3.81. The molecule has 10 nitrogen and oxygen atoms in total. The highest BCUT2D eigenvalue weighted by molar-refractivity contribution is 6.01. The molecule has 0 saturated heterocycles. The van der Waals surface area contributed by atoms with Crippen LogP contribution in [0.4, 0.5) is 11.6 Å². The Kier molecular flexibility index (Phi) is 4.62. The first-order chi connectivity index (χ1) is 14.6. The molecule has 0 aromatic carbocycles. The van der Waals surface area contributed by atoms with Crippen LogP contribution in [0.15, 0.2) is 24.7 Å². The van der Waals surface area contributed by atoms with Crippen LogP contribution in [0, 0.1) is 6.92 Å². The van der Waals surface area contributed by atoms with E-state index in [4.69, 9.17) is 4.98 Å². The fraction of sp³-hybridized carbons (Fsp3) is 0.400. The minimum Gasteiger partial charge on any atom is -0.393 e. The van der Waals surface area contributed by atoms with Crippen LogP contribution in [-0.4, -0.2) is 59.8 Å². The zero-order chi connectivity index (χ0) is 20.7. The van der Waals surface area contributed by atoms with E-state index < -0.39 is 0 Å². The second kappa shape index (κ2) is 7.45. The number of carbonyl (C=O) groups excluding carboxylic acids is 1. The van der Waals surface area contributed by atoms with E-state index in [2.05, 4.69) is 30.5 Å². The van der Waals surface area contributed by atoms with E-state index in [1.807, 2.05) is 19.1 Å². The number of anilines is 2. The van der Waals surface area contributed by atoms with Gasteiger partial charge in [0.05, 0.1) is 24.5 Å². The Morgan fingerprint density at radius 2 is 1.97 bits per heavy atom. The topological polar surface area (TPSA) is 133 Å². The molecule has 3 aromatic rings. The zero-order valence-electron chi connectivity index (χ0n) is 16.5. The quantitative estimate of drug-likeness (QED) is 0.598. The molecular formula is C20H22N8O2. The number of hydrogen-bond donors (Lipinski definition) is 3. The highest BCUT2D eigenvalue weighted by Crippen LogP contribution is 2.34. The van der Waals surface area contributed by atoms with Gasteiger partial charge in [-0.05, 0) is 44.7 Å². The van der Waals surface area contributed by atoms with Crippen LogP contribution >= 0.6 is 0 Å². The summed E-state index contributed by atoms with van der Waals surface area (Å²) in [4.78, 5) is 31.4. The number of aliphatic hydroxyl groups is 1. The lowest BCUT2D eigenvalue weighted by atomic mass is 9.91. The van der Waals surface area contributed by atoms with Crippen molar-refractivity contribution in [1.29, 1.82) is 0 Å². The number of H-pyrrole nitrogens is 1. The van der Waals surface area contributed by atoms with Gasteiger partial charge in [0, 0.05) is 17.3 Å². The third kappa shape index (κ3) is 3.28. The van der Waals surface area contributed by atoms with Gasteiger partial charge in [-0.15, -0.1) is 10.2 Å². The molecule has 5 rings (SSSR count). The van der Waals surface area contributed by atoms with Crippen molar-refractivity contribution in [3.63, 3.8) is 0 Å². The number of aromatic nitrogens is 6. The molecule has 10 heteroatoms. The van der Waals surface area contributed by atoms with Gasteiger partial charge in [-0.25, -0.2) is 15.0 Å². The van der Waals surface area contributed by atoms with Crippen molar-refractivity contribution in [2.45, 2.75) is 44.8 Å². The van der Waals surface area contributed by atoms with Crippen molar-refractivity contribution in [3.8, 4) is 22.8 Å². The first-order valence-electron chi connectivity index (χ1n) is 10.1. The summed E-state index contributed by atoms with van der Waals surface area (Å²) >= 11 is 0. The molecule has 3 aromatic heterocycles. The SMILES string of the molecule is Cc1nc(-c2nnc[nH]2)ccc1-c1cnc2c(n1)N([C@H]1CC[C@H](O)CC1)C(=O)CN2. The van der Waals surface area contributed by atoms with Crippen molar-refractivity contribution in [2.24, 2.45) is 0 Å². The normalized spacial score (nSPS) is 21.3. The van der Waals surface area contributed by atoms with Crippen LogP contribution in [0.2, 0.25) is 0 Å². The zero-order valence-corrected chi connectivity index (χ0v) is 16.5. The molecule has 30 heavy (non-hydrogen) atoms. The van der Waals surface area contributed by atoms with Crippen molar-refractivity contribution in [2.75, 3.05) is 16.8 Å². The molecule has 3 N–H and O–H groups in total. The fourth-order valence-electron chi connectivity index (χ4n) is 4.15. The predicted octanol–water partition coefficient (Wildman–Crippen LogP) is 1.69.